The third-order valence-electron chi connectivity index (χ3n) is 4.74. The van der Waals surface area contributed by atoms with Gasteiger partial charge in [0.15, 0.2) is 11.8 Å². The fraction of sp³-hybridized carbons (Fsp3) is 0.0400. The molecule has 5 N–H and O–H groups in total. The van der Waals surface area contributed by atoms with E-state index in [-0.39, 0.29) is 12.0 Å². The van der Waals surface area contributed by atoms with E-state index in [4.69, 9.17) is 10.5 Å². The van der Waals surface area contributed by atoms with E-state index in [1.807, 2.05) is 54.6 Å². The Labute approximate surface area is 196 Å². The van der Waals surface area contributed by atoms with Crippen molar-refractivity contribution in [2.45, 2.75) is 0 Å². The van der Waals surface area contributed by atoms with Crippen LogP contribution in [0.15, 0.2) is 96.4 Å². The molecule has 0 aliphatic heterocycles. The van der Waals surface area contributed by atoms with Gasteiger partial charge in [0.25, 0.3) is 0 Å². The minimum Gasteiger partial charge on any atom is -0.495 e. The first-order valence-electron chi connectivity index (χ1n) is 10.4. The van der Waals surface area contributed by atoms with Crippen molar-refractivity contribution in [1.82, 2.24) is 9.97 Å². The Kier molecular flexibility index (Phi) is 6.94. The lowest BCUT2D eigenvalue weighted by molar-refractivity contribution is 0.262. The molecule has 0 bridgehead atoms. The van der Waals surface area contributed by atoms with E-state index in [2.05, 4.69) is 30.9 Å². The van der Waals surface area contributed by atoms with Crippen LogP contribution in [0.3, 0.4) is 0 Å². The molecule has 4 aromatic rings. The lowest BCUT2D eigenvalue weighted by Gasteiger charge is -2.10. The second-order valence-electron chi connectivity index (χ2n) is 7.12. The molecule has 170 valence electrons. The maximum Gasteiger partial charge on any atom is 0.323 e. The highest BCUT2D eigenvalue weighted by Crippen LogP contribution is 2.25. The lowest BCUT2D eigenvalue weighted by Crippen LogP contribution is -2.22. The van der Waals surface area contributed by atoms with Crippen molar-refractivity contribution in [1.29, 1.82) is 0 Å². The van der Waals surface area contributed by atoms with Crippen molar-refractivity contribution >= 4 is 34.9 Å². The van der Waals surface area contributed by atoms with Crippen LogP contribution in [-0.4, -0.2) is 29.1 Å². The molecule has 0 aliphatic rings. The summed E-state index contributed by atoms with van der Waals surface area (Å²) in [5.74, 6) is 1.30. The number of guanidine groups is 1. The Bertz CT molecular complexity index is 1290. The average molecular weight is 454 g/mol. The number of anilines is 3. The zero-order chi connectivity index (χ0) is 23.8. The maximum atomic E-state index is 12.3. The Morgan fingerprint density at radius 2 is 1.68 bits per heavy atom. The number of urea groups is 1. The SMILES string of the molecule is COc1ccccc1NC(N)=Nc1ccc(-c2cccc(NC(=O)Nc3ccncc3)c2)cn1. The smallest absolute Gasteiger partial charge is 0.323 e. The van der Waals surface area contributed by atoms with Crippen LogP contribution >= 0.6 is 0 Å². The van der Waals surface area contributed by atoms with Crippen LogP contribution in [-0.2, 0) is 0 Å². The van der Waals surface area contributed by atoms with E-state index >= 15 is 0 Å². The fourth-order valence-corrected chi connectivity index (χ4v) is 3.17. The number of carbonyl (C=O) groups is 1. The number of carbonyl (C=O) groups excluding carboxylic acids is 1. The topological polar surface area (TPSA) is 127 Å². The second-order valence-corrected chi connectivity index (χ2v) is 7.12. The minimum absolute atomic E-state index is 0.191. The van der Waals surface area contributed by atoms with Gasteiger partial charge in [0, 0.05) is 35.5 Å². The molecular formula is C25H23N7O2. The first-order chi connectivity index (χ1) is 16.6. The molecular weight excluding hydrogens is 430 g/mol. The first kappa shape index (κ1) is 22.3. The largest absolute Gasteiger partial charge is 0.495 e. The normalized spacial score (nSPS) is 10.9. The summed E-state index contributed by atoms with van der Waals surface area (Å²) in [7, 11) is 1.59. The van der Waals surface area contributed by atoms with Gasteiger partial charge in [0.2, 0.25) is 0 Å². The number of aromatic nitrogens is 2. The van der Waals surface area contributed by atoms with Gasteiger partial charge in [-0.3, -0.25) is 4.98 Å². The Balaban J connectivity index is 1.42. The number of rotatable bonds is 6. The monoisotopic (exact) mass is 453 g/mol. The zero-order valence-electron chi connectivity index (χ0n) is 18.4. The number of methoxy groups -OCH3 is 1. The quantitative estimate of drug-likeness (QED) is 0.244. The van der Waals surface area contributed by atoms with Crippen molar-refractivity contribution in [2.24, 2.45) is 10.7 Å². The molecule has 2 heterocycles. The Morgan fingerprint density at radius 1 is 0.882 bits per heavy atom. The van der Waals surface area contributed by atoms with Crippen LogP contribution in [0, 0.1) is 0 Å². The summed E-state index contributed by atoms with van der Waals surface area (Å²) in [6.07, 6.45) is 4.92. The Morgan fingerprint density at radius 3 is 2.44 bits per heavy atom. The number of benzene rings is 2. The molecule has 9 nitrogen and oxygen atoms in total. The van der Waals surface area contributed by atoms with Gasteiger partial charge in [0.1, 0.15) is 5.75 Å². The number of pyridine rings is 2. The molecule has 0 fully saturated rings. The molecule has 0 spiro atoms. The summed E-state index contributed by atoms with van der Waals surface area (Å²) < 4.78 is 5.30. The van der Waals surface area contributed by atoms with E-state index < -0.39 is 0 Å². The number of hydrogen-bond donors (Lipinski definition) is 4. The molecule has 0 atom stereocenters. The van der Waals surface area contributed by atoms with Gasteiger partial charge in [-0.15, -0.1) is 0 Å². The highest BCUT2D eigenvalue weighted by molar-refractivity contribution is 6.00. The molecule has 0 radical (unpaired) electrons. The fourth-order valence-electron chi connectivity index (χ4n) is 3.17. The van der Waals surface area contributed by atoms with Crippen LogP contribution in [0.5, 0.6) is 5.75 Å². The summed E-state index contributed by atoms with van der Waals surface area (Å²) in [6.45, 7) is 0. The van der Waals surface area contributed by atoms with Crippen LogP contribution < -0.4 is 26.4 Å². The lowest BCUT2D eigenvalue weighted by atomic mass is 10.1. The number of ether oxygens (including phenoxy) is 1. The molecule has 2 amide bonds. The van der Waals surface area contributed by atoms with Gasteiger partial charge < -0.3 is 26.4 Å². The molecule has 2 aromatic carbocycles. The predicted octanol–water partition coefficient (Wildman–Crippen LogP) is 4.85. The third kappa shape index (κ3) is 5.86. The van der Waals surface area contributed by atoms with Gasteiger partial charge in [-0.2, -0.15) is 4.99 Å². The van der Waals surface area contributed by atoms with E-state index in [0.717, 1.165) is 11.1 Å². The second kappa shape index (κ2) is 10.6. The molecule has 9 heteroatoms. The van der Waals surface area contributed by atoms with Gasteiger partial charge in [-0.05, 0) is 54.1 Å². The molecule has 34 heavy (non-hydrogen) atoms. The summed E-state index contributed by atoms with van der Waals surface area (Å²) in [6, 6.07) is 21.6. The number of para-hydroxylation sites is 2. The van der Waals surface area contributed by atoms with Crippen molar-refractivity contribution in [3.05, 3.63) is 91.4 Å². The number of amides is 2. The molecule has 0 unspecified atom stereocenters. The van der Waals surface area contributed by atoms with Gasteiger partial charge in [-0.25, -0.2) is 9.78 Å². The van der Waals surface area contributed by atoms with Crippen molar-refractivity contribution in [3.8, 4) is 16.9 Å². The molecule has 0 saturated carbocycles. The molecule has 0 saturated heterocycles. The van der Waals surface area contributed by atoms with E-state index in [0.29, 0.717) is 28.6 Å². The number of nitrogens with two attached hydrogens (primary N) is 1. The number of nitrogens with one attached hydrogen (secondary N) is 3. The highest BCUT2D eigenvalue weighted by atomic mass is 16.5. The highest BCUT2D eigenvalue weighted by Gasteiger charge is 2.06. The molecule has 2 aromatic heterocycles. The van der Waals surface area contributed by atoms with Crippen LogP contribution in [0.1, 0.15) is 0 Å². The standard InChI is InChI=1S/C25H23N7O2/c1-34-22-8-3-2-7-21(22)31-24(26)32-23-10-9-18(16-28-23)17-5-4-6-20(15-17)30-25(33)29-19-11-13-27-14-12-19/h2-16H,1H3,(H3,26,28,31,32)(H2,27,29,30,33). The third-order valence-corrected chi connectivity index (χ3v) is 4.74. The van der Waals surface area contributed by atoms with E-state index in [9.17, 15) is 4.79 Å². The van der Waals surface area contributed by atoms with Crippen LogP contribution in [0.2, 0.25) is 0 Å². The Hall–Kier alpha value is -4.92. The summed E-state index contributed by atoms with van der Waals surface area (Å²) >= 11 is 0. The van der Waals surface area contributed by atoms with Crippen molar-refractivity contribution < 1.29 is 9.53 Å². The predicted molar refractivity (Wildman–Crippen MR) is 134 cm³/mol. The molecule has 4 rings (SSSR count). The number of aliphatic imine (C=N–C) groups is 1. The van der Waals surface area contributed by atoms with Crippen LogP contribution in [0.25, 0.3) is 11.1 Å². The summed E-state index contributed by atoms with van der Waals surface area (Å²) in [4.78, 5) is 24.9. The van der Waals surface area contributed by atoms with Crippen molar-refractivity contribution in [2.75, 3.05) is 23.1 Å². The maximum absolute atomic E-state index is 12.3. The zero-order valence-corrected chi connectivity index (χ0v) is 18.4. The summed E-state index contributed by atoms with van der Waals surface area (Å²) in [5.41, 5.74) is 9.80. The molecule has 0 aliphatic carbocycles. The first-order valence-corrected chi connectivity index (χ1v) is 10.4. The van der Waals surface area contributed by atoms with Gasteiger partial charge in [0.05, 0.1) is 12.8 Å². The minimum atomic E-state index is -0.343. The average Bonchev–Trinajstić information content (AvgIpc) is 2.85. The van der Waals surface area contributed by atoms with Crippen LogP contribution in [0.4, 0.5) is 27.7 Å². The number of hydrogen-bond acceptors (Lipinski definition) is 5. The summed E-state index contributed by atoms with van der Waals surface area (Å²) in [5, 5.41) is 8.59. The van der Waals surface area contributed by atoms with Crippen molar-refractivity contribution in [3.63, 3.8) is 0 Å². The van der Waals surface area contributed by atoms with Gasteiger partial charge in [-0.1, -0.05) is 24.3 Å². The van der Waals surface area contributed by atoms with E-state index in [1.54, 1.807) is 43.9 Å². The van der Waals surface area contributed by atoms with Gasteiger partial charge >= 0.3 is 6.03 Å². The van der Waals surface area contributed by atoms with E-state index in [1.165, 1.54) is 0 Å². The number of nitrogens with zero attached hydrogens (tertiary/aromatic N) is 3.